The van der Waals surface area contributed by atoms with E-state index >= 15 is 0 Å². The number of carbonyl (C=O) groups is 2. The lowest BCUT2D eigenvalue weighted by Crippen LogP contribution is -2.22. The molecule has 2 amide bonds. The number of hydrogen-bond donors (Lipinski definition) is 2. The molecule has 0 fully saturated rings. The number of benzene rings is 2. The molecule has 1 aliphatic rings. The van der Waals surface area contributed by atoms with Gasteiger partial charge in [-0.1, -0.05) is 17.7 Å². The van der Waals surface area contributed by atoms with Crippen molar-refractivity contribution in [2.45, 2.75) is 13.0 Å². The monoisotopic (exact) mass is 442 g/mol. The second-order valence-corrected chi connectivity index (χ2v) is 8.00. The Bertz CT molecular complexity index is 1050. The number of fused-ring (bicyclic) bond motifs is 1. The summed E-state index contributed by atoms with van der Waals surface area (Å²) in [5, 5.41) is 7.98. The van der Waals surface area contributed by atoms with Gasteiger partial charge in [-0.3, -0.25) is 9.59 Å². The highest BCUT2D eigenvalue weighted by molar-refractivity contribution is 7.12. The van der Waals surface area contributed by atoms with Crippen molar-refractivity contribution in [3.8, 4) is 11.5 Å². The number of rotatable bonds is 5. The van der Waals surface area contributed by atoms with Gasteiger partial charge in [-0.2, -0.15) is 0 Å². The number of nitrogens with one attached hydrogen (secondary N) is 2. The molecule has 6 nitrogen and oxygen atoms in total. The zero-order chi connectivity index (χ0) is 20.9. The Labute approximate surface area is 182 Å². The average molecular weight is 443 g/mol. The third-order valence-corrected chi connectivity index (χ3v) is 5.61. The van der Waals surface area contributed by atoms with Gasteiger partial charge in [-0.15, -0.1) is 11.3 Å². The van der Waals surface area contributed by atoms with Crippen LogP contribution in [0.5, 0.6) is 11.5 Å². The van der Waals surface area contributed by atoms with Crippen LogP contribution in [-0.2, 0) is 6.54 Å². The average Bonchev–Trinajstić information content (AvgIpc) is 3.18. The fourth-order valence-electron chi connectivity index (χ4n) is 2.98. The van der Waals surface area contributed by atoms with E-state index in [0.717, 1.165) is 12.0 Å². The first-order valence-electron chi connectivity index (χ1n) is 9.41. The van der Waals surface area contributed by atoms with E-state index in [1.54, 1.807) is 36.4 Å². The summed E-state index contributed by atoms with van der Waals surface area (Å²) in [6, 6.07) is 13.9. The van der Waals surface area contributed by atoms with Crippen molar-refractivity contribution < 1.29 is 19.1 Å². The molecule has 30 heavy (non-hydrogen) atoms. The Balaban J connectivity index is 1.37. The molecular weight excluding hydrogens is 424 g/mol. The van der Waals surface area contributed by atoms with Crippen LogP contribution in [0.4, 0.5) is 5.69 Å². The lowest BCUT2D eigenvalue weighted by atomic mass is 10.1. The maximum atomic E-state index is 12.5. The lowest BCUT2D eigenvalue weighted by Gasteiger charge is -2.12. The molecule has 154 valence electrons. The van der Waals surface area contributed by atoms with E-state index in [1.165, 1.54) is 11.3 Å². The van der Waals surface area contributed by atoms with Crippen LogP contribution in [0.25, 0.3) is 0 Å². The summed E-state index contributed by atoms with van der Waals surface area (Å²) in [7, 11) is 0. The Morgan fingerprint density at radius 2 is 1.83 bits per heavy atom. The van der Waals surface area contributed by atoms with E-state index in [4.69, 9.17) is 21.1 Å². The van der Waals surface area contributed by atoms with Crippen molar-refractivity contribution in [3.05, 3.63) is 74.9 Å². The van der Waals surface area contributed by atoms with E-state index in [9.17, 15) is 9.59 Å². The SMILES string of the molecule is O=C(NCc1cc(Cl)c2c(c1)OCCCO2)c1ccc(NC(=O)c2cccs2)cc1. The van der Waals surface area contributed by atoms with E-state index in [0.29, 0.717) is 52.4 Å². The molecule has 3 aromatic rings. The number of anilines is 1. The van der Waals surface area contributed by atoms with Gasteiger partial charge >= 0.3 is 0 Å². The van der Waals surface area contributed by atoms with Crippen molar-refractivity contribution in [3.63, 3.8) is 0 Å². The van der Waals surface area contributed by atoms with Gasteiger partial charge in [0, 0.05) is 24.2 Å². The summed E-state index contributed by atoms with van der Waals surface area (Å²) in [4.78, 5) is 25.2. The van der Waals surface area contributed by atoms with Crippen LogP contribution in [0.2, 0.25) is 5.02 Å². The maximum Gasteiger partial charge on any atom is 0.265 e. The molecular formula is C22H19ClN2O4S. The third kappa shape index (κ3) is 4.75. The number of carbonyl (C=O) groups excluding carboxylic acids is 2. The Morgan fingerprint density at radius 1 is 1.03 bits per heavy atom. The molecule has 2 N–H and O–H groups in total. The molecule has 0 atom stereocenters. The molecule has 0 aliphatic carbocycles. The standard InChI is InChI=1S/C22H19ClN2O4S/c23-17-11-14(12-18-20(17)29-9-2-8-28-18)13-24-21(26)15-4-6-16(7-5-15)25-22(27)19-3-1-10-30-19/h1,3-7,10-12H,2,8-9,13H2,(H,24,26)(H,25,27). The highest BCUT2D eigenvalue weighted by Crippen LogP contribution is 2.38. The summed E-state index contributed by atoms with van der Waals surface area (Å²) in [6.45, 7) is 1.42. The van der Waals surface area contributed by atoms with Gasteiger partial charge in [-0.25, -0.2) is 0 Å². The number of ether oxygens (including phenoxy) is 2. The quantitative estimate of drug-likeness (QED) is 0.598. The third-order valence-electron chi connectivity index (χ3n) is 4.46. The molecule has 2 aromatic carbocycles. The first-order chi connectivity index (χ1) is 14.6. The lowest BCUT2D eigenvalue weighted by molar-refractivity contribution is 0.0950. The minimum atomic E-state index is -0.227. The summed E-state index contributed by atoms with van der Waals surface area (Å²) in [5.41, 5.74) is 1.93. The first-order valence-corrected chi connectivity index (χ1v) is 10.7. The van der Waals surface area contributed by atoms with Gasteiger partial charge in [-0.05, 0) is 53.4 Å². The number of amides is 2. The molecule has 0 saturated heterocycles. The van der Waals surface area contributed by atoms with Gasteiger partial charge in [0.05, 0.1) is 23.1 Å². The molecule has 0 radical (unpaired) electrons. The maximum absolute atomic E-state index is 12.5. The van der Waals surface area contributed by atoms with Crippen LogP contribution < -0.4 is 20.1 Å². The second kappa shape index (κ2) is 9.19. The Hall–Kier alpha value is -3.03. The number of hydrogen-bond acceptors (Lipinski definition) is 5. The zero-order valence-electron chi connectivity index (χ0n) is 15.9. The minimum Gasteiger partial charge on any atom is -0.489 e. The molecule has 0 saturated carbocycles. The molecule has 2 heterocycles. The molecule has 8 heteroatoms. The topological polar surface area (TPSA) is 76.7 Å². The van der Waals surface area contributed by atoms with Crippen LogP contribution in [0.3, 0.4) is 0 Å². The summed E-state index contributed by atoms with van der Waals surface area (Å²) in [5.74, 6) is 0.738. The molecule has 0 spiro atoms. The van der Waals surface area contributed by atoms with E-state index < -0.39 is 0 Å². The zero-order valence-corrected chi connectivity index (χ0v) is 17.5. The largest absolute Gasteiger partial charge is 0.489 e. The van der Waals surface area contributed by atoms with Crippen molar-refractivity contribution in [2.24, 2.45) is 0 Å². The van der Waals surface area contributed by atoms with Gasteiger partial charge in [0.25, 0.3) is 11.8 Å². The second-order valence-electron chi connectivity index (χ2n) is 6.65. The van der Waals surface area contributed by atoms with Crippen LogP contribution in [-0.4, -0.2) is 25.0 Å². The fraction of sp³-hybridized carbons (Fsp3) is 0.182. The highest BCUT2D eigenvalue weighted by atomic mass is 35.5. The first kappa shape index (κ1) is 20.3. The minimum absolute atomic E-state index is 0.173. The van der Waals surface area contributed by atoms with Gasteiger partial charge in [0.15, 0.2) is 11.5 Å². The number of halogens is 1. The normalized spacial score (nSPS) is 12.7. The molecule has 0 unspecified atom stereocenters. The smallest absolute Gasteiger partial charge is 0.265 e. The van der Waals surface area contributed by atoms with Gasteiger partial charge < -0.3 is 20.1 Å². The van der Waals surface area contributed by atoms with E-state index in [1.807, 2.05) is 17.5 Å². The van der Waals surface area contributed by atoms with Crippen molar-refractivity contribution >= 4 is 40.4 Å². The fourth-order valence-corrected chi connectivity index (χ4v) is 3.88. The van der Waals surface area contributed by atoms with Gasteiger partial charge in [0.1, 0.15) is 0 Å². The van der Waals surface area contributed by atoms with Crippen LogP contribution in [0, 0.1) is 0 Å². The van der Waals surface area contributed by atoms with Gasteiger partial charge in [0.2, 0.25) is 0 Å². The van der Waals surface area contributed by atoms with Crippen molar-refractivity contribution in [1.82, 2.24) is 5.32 Å². The molecule has 0 bridgehead atoms. The Morgan fingerprint density at radius 3 is 2.60 bits per heavy atom. The highest BCUT2D eigenvalue weighted by Gasteiger charge is 2.16. The predicted octanol–water partition coefficient (Wildman–Crippen LogP) is 4.75. The summed E-state index contributed by atoms with van der Waals surface area (Å²) < 4.78 is 11.3. The molecule has 4 rings (SSSR count). The number of thiophene rings is 1. The van der Waals surface area contributed by atoms with E-state index in [2.05, 4.69) is 10.6 Å². The van der Waals surface area contributed by atoms with E-state index in [-0.39, 0.29) is 11.8 Å². The van der Waals surface area contributed by atoms with Crippen LogP contribution in [0.15, 0.2) is 53.9 Å². The van der Waals surface area contributed by atoms with Crippen molar-refractivity contribution in [1.29, 1.82) is 0 Å². The van der Waals surface area contributed by atoms with Crippen molar-refractivity contribution in [2.75, 3.05) is 18.5 Å². The van der Waals surface area contributed by atoms with Crippen LogP contribution >= 0.6 is 22.9 Å². The molecule has 1 aromatic heterocycles. The Kier molecular flexibility index (Phi) is 6.21. The molecule has 1 aliphatic heterocycles. The van der Waals surface area contributed by atoms with Crippen LogP contribution in [0.1, 0.15) is 32.0 Å². The summed E-state index contributed by atoms with van der Waals surface area (Å²) >= 11 is 7.67. The predicted molar refractivity (Wildman–Crippen MR) is 117 cm³/mol. The summed E-state index contributed by atoms with van der Waals surface area (Å²) in [6.07, 6.45) is 0.793.